The van der Waals surface area contributed by atoms with Crippen LogP contribution in [-0.4, -0.2) is 40.2 Å². The maximum Gasteiger partial charge on any atom is 0.338 e. The highest BCUT2D eigenvalue weighted by Gasteiger charge is 2.23. The minimum atomic E-state index is -3.96. The first-order chi connectivity index (χ1) is 13.6. The van der Waals surface area contributed by atoms with Crippen LogP contribution in [0.5, 0.6) is 0 Å². The van der Waals surface area contributed by atoms with Gasteiger partial charge in [-0.15, -0.1) is 0 Å². The fourth-order valence-electron chi connectivity index (χ4n) is 2.66. The van der Waals surface area contributed by atoms with Crippen LogP contribution in [0.25, 0.3) is 0 Å². The number of sulfonamides is 1. The minimum Gasteiger partial charge on any atom is -0.459 e. The summed E-state index contributed by atoms with van der Waals surface area (Å²) in [7, 11) is -2.39. The summed E-state index contributed by atoms with van der Waals surface area (Å²) in [6.07, 6.45) is -0.312. The molecule has 0 radical (unpaired) electrons. The lowest BCUT2D eigenvalue weighted by molar-refractivity contribution is 0.0377. The first-order valence-electron chi connectivity index (χ1n) is 9.32. The van der Waals surface area contributed by atoms with Crippen LogP contribution >= 0.6 is 0 Å². The molecule has 0 fully saturated rings. The lowest BCUT2D eigenvalue weighted by Gasteiger charge is -2.19. The van der Waals surface area contributed by atoms with Crippen LogP contribution in [-0.2, 0) is 19.5 Å². The van der Waals surface area contributed by atoms with E-state index in [9.17, 15) is 13.2 Å². The molecule has 0 aromatic heterocycles. The highest BCUT2D eigenvalue weighted by atomic mass is 32.2. The number of ether oxygens (including phenoxy) is 2. The van der Waals surface area contributed by atoms with Crippen LogP contribution < -0.4 is 10.0 Å². The highest BCUT2D eigenvalue weighted by molar-refractivity contribution is 7.92. The zero-order valence-electron chi connectivity index (χ0n) is 17.4. The zero-order chi connectivity index (χ0) is 21.6. The van der Waals surface area contributed by atoms with Crippen molar-refractivity contribution in [2.45, 2.75) is 44.7 Å². The number of benzene rings is 2. The fourth-order valence-corrected chi connectivity index (χ4v) is 3.92. The number of carbonyl (C=O) groups is 1. The summed E-state index contributed by atoms with van der Waals surface area (Å²) in [5.41, 5.74) is 1.98. The molecule has 158 valence electrons. The Kier molecular flexibility index (Phi) is 7.64. The van der Waals surface area contributed by atoms with Gasteiger partial charge in [0.15, 0.2) is 0 Å². The molecule has 29 heavy (non-hydrogen) atoms. The molecule has 2 aromatic carbocycles. The topological polar surface area (TPSA) is 93.7 Å². The Morgan fingerprint density at radius 1 is 1.07 bits per heavy atom. The van der Waals surface area contributed by atoms with Crippen molar-refractivity contribution in [1.82, 2.24) is 0 Å². The van der Waals surface area contributed by atoms with Gasteiger partial charge >= 0.3 is 5.97 Å². The van der Waals surface area contributed by atoms with Gasteiger partial charge in [0.05, 0.1) is 24.0 Å². The van der Waals surface area contributed by atoms with Crippen LogP contribution in [0, 0.1) is 6.92 Å². The van der Waals surface area contributed by atoms with E-state index in [-0.39, 0.29) is 22.6 Å². The standard InChI is InChI=1S/C21H28N2O5S/c1-14(2)28-21(24)17-8-11-19(22-16(4)13-27-5)20(12-17)29(25,26)23-18-9-6-15(3)7-10-18/h6-12,14,16,22-23H,13H2,1-5H3/t16-/m0/s1. The van der Waals surface area contributed by atoms with Gasteiger partial charge in [-0.1, -0.05) is 17.7 Å². The Morgan fingerprint density at radius 3 is 2.31 bits per heavy atom. The molecule has 0 aliphatic rings. The molecule has 0 spiro atoms. The summed E-state index contributed by atoms with van der Waals surface area (Å²) in [5, 5.41) is 3.12. The van der Waals surface area contributed by atoms with E-state index in [1.807, 2.05) is 26.0 Å². The third-order valence-corrected chi connectivity index (χ3v) is 5.39. The maximum atomic E-state index is 13.1. The van der Waals surface area contributed by atoms with Crippen molar-refractivity contribution in [3.8, 4) is 0 Å². The van der Waals surface area contributed by atoms with Crippen molar-refractivity contribution in [3.63, 3.8) is 0 Å². The molecule has 0 heterocycles. The zero-order valence-corrected chi connectivity index (χ0v) is 18.2. The first kappa shape index (κ1) is 22.7. The monoisotopic (exact) mass is 420 g/mol. The van der Waals surface area contributed by atoms with Gasteiger partial charge in [-0.05, 0) is 58.0 Å². The van der Waals surface area contributed by atoms with Crippen LogP contribution in [0.3, 0.4) is 0 Å². The molecule has 2 aromatic rings. The molecule has 0 bridgehead atoms. The van der Waals surface area contributed by atoms with E-state index in [4.69, 9.17) is 9.47 Å². The second-order valence-electron chi connectivity index (χ2n) is 7.14. The van der Waals surface area contributed by atoms with Gasteiger partial charge in [0.1, 0.15) is 4.90 Å². The molecule has 0 aliphatic carbocycles. The van der Waals surface area contributed by atoms with E-state index in [1.54, 1.807) is 39.2 Å². The van der Waals surface area contributed by atoms with Gasteiger partial charge in [0, 0.05) is 18.8 Å². The Bertz CT molecular complexity index is 940. The Balaban J connectivity index is 2.44. The first-order valence-corrected chi connectivity index (χ1v) is 10.8. The number of methoxy groups -OCH3 is 1. The SMILES string of the molecule is COC[C@H](C)Nc1ccc(C(=O)OC(C)C)cc1S(=O)(=O)Nc1ccc(C)cc1. The number of anilines is 2. The molecule has 2 N–H and O–H groups in total. The average molecular weight is 421 g/mol. The number of esters is 1. The largest absolute Gasteiger partial charge is 0.459 e. The Hall–Kier alpha value is -2.58. The van der Waals surface area contributed by atoms with E-state index in [0.717, 1.165) is 5.56 Å². The molecule has 0 unspecified atom stereocenters. The van der Waals surface area contributed by atoms with Crippen molar-refractivity contribution < 1.29 is 22.7 Å². The molecule has 0 amide bonds. The number of hydrogen-bond donors (Lipinski definition) is 2. The van der Waals surface area contributed by atoms with E-state index in [2.05, 4.69) is 10.0 Å². The van der Waals surface area contributed by atoms with Crippen molar-refractivity contribution in [2.75, 3.05) is 23.8 Å². The number of nitrogens with one attached hydrogen (secondary N) is 2. The third-order valence-electron chi connectivity index (χ3n) is 3.97. The molecule has 8 heteroatoms. The summed E-state index contributed by atoms with van der Waals surface area (Å²) in [6.45, 7) is 7.64. The van der Waals surface area contributed by atoms with Gasteiger partial charge in [-0.25, -0.2) is 13.2 Å². The van der Waals surface area contributed by atoms with E-state index < -0.39 is 16.0 Å². The lowest BCUT2D eigenvalue weighted by Crippen LogP contribution is -2.24. The third kappa shape index (κ3) is 6.47. The molecule has 0 aliphatic heterocycles. The van der Waals surface area contributed by atoms with Gasteiger partial charge in [0.25, 0.3) is 10.0 Å². The van der Waals surface area contributed by atoms with E-state index in [1.165, 1.54) is 12.1 Å². The number of carbonyl (C=O) groups excluding carboxylic acids is 1. The van der Waals surface area contributed by atoms with Crippen molar-refractivity contribution >= 4 is 27.4 Å². The molecule has 0 saturated heterocycles. The van der Waals surface area contributed by atoms with Crippen LogP contribution in [0.2, 0.25) is 0 Å². The quantitative estimate of drug-likeness (QED) is 0.599. The van der Waals surface area contributed by atoms with E-state index >= 15 is 0 Å². The maximum absolute atomic E-state index is 13.1. The molecule has 7 nitrogen and oxygen atoms in total. The minimum absolute atomic E-state index is 0.0424. The number of rotatable bonds is 9. The van der Waals surface area contributed by atoms with E-state index in [0.29, 0.717) is 18.0 Å². The summed E-state index contributed by atoms with van der Waals surface area (Å²) >= 11 is 0. The second kappa shape index (κ2) is 9.76. The van der Waals surface area contributed by atoms with Crippen molar-refractivity contribution in [1.29, 1.82) is 0 Å². The summed E-state index contributed by atoms with van der Waals surface area (Å²) in [5.74, 6) is -0.580. The summed E-state index contributed by atoms with van der Waals surface area (Å²) in [6, 6.07) is 11.3. The highest BCUT2D eigenvalue weighted by Crippen LogP contribution is 2.27. The number of aryl methyl sites for hydroxylation is 1. The number of hydrogen-bond acceptors (Lipinski definition) is 6. The smallest absolute Gasteiger partial charge is 0.338 e. The molecular weight excluding hydrogens is 392 g/mol. The lowest BCUT2D eigenvalue weighted by atomic mass is 10.2. The molecular formula is C21H28N2O5S. The molecule has 1 atom stereocenters. The second-order valence-corrected chi connectivity index (χ2v) is 8.79. The van der Waals surface area contributed by atoms with Crippen LogP contribution in [0.15, 0.2) is 47.4 Å². The average Bonchev–Trinajstić information content (AvgIpc) is 2.63. The predicted octanol–water partition coefficient (Wildman–Crippen LogP) is 3.81. The van der Waals surface area contributed by atoms with Crippen LogP contribution in [0.1, 0.15) is 36.7 Å². The van der Waals surface area contributed by atoms with Crippen molar-refractivity contribution in [3.05, 3.63) is 53.6 Å². The summed E-state index contributed by atoms with van der Waals surface area (Å²) < 4.78 is 39.1. The normalized spacial score (nSPS) is 12.5. The van der Waals surface area contributed by atoms with Gasteiger partial charge in [-0.3, -0.25) is 4.72 Å². The summed E-state index contributed by atoms with van der Waals surface area (Å²) in [4.78, 5) is 12.2. The van der Waals surface area contributed by atoms with Crippen LogP contribution in [0.4, 0.5) is 11.4 Å². The van der Waals surface area contributed by atoms with Gasteiger partial charge in [-0.2, -0.15) is 0 Å². The van der Waals surface area contributed by atoms with Gasteiger partial charge < -0.3 is 14.8 Å². The molecule has 0 saturated carbocycles. The Labute approximate surface area is 172 Å². The Morgan fingerprint density at radius 2 is 1.72 bits per heavy atom. The van der Waals surface area contributed by atoms with Gasteiger partial charge in [0.2, 0.25) is 0 Å². The predicted molar refractivity (Wildman–Crippen MR) is 114 cm³/mol. The fraction of sp³-hybridized carbons (Fsp3) is 0.381. The van der Waals surface area contributed by atoms with Crippen molar-refractivity contribution in [2.24, 2.45) is 0 Å². The molecule has 2 rings (SSSR count).